The first-order valence-corrected chi connectivity index (χ1v) is 5.91. The smallest absolute Gasteiger partial charge is 0.134 e. The maximum Gasteiger partial charge on any atom is 0.134 e. The molecular formula is C12H13BrN2O. The molecule has 0 radical (unpaired) electrons. The first-order valence-electron chi connectivity index (χ1n) is 5.12. The van der Waals surface area contributed by atoms with E-state index in [0.29, 0.717) is 6.54 Å². The van der Waals surface area contributed by atoms with Crippen LogP contribution in [-0.4, -0.2) is 17.6 Å². The molecule has 3 nitrogen and oxygen atoms in total. The van der Waals surface area contributed by atoms with Crippen LogP contribution < -0.4 is 10.5 Å². The first-order chi connectivity index (χ1) is 7.72. The van der Waals surface area contributed by atoms with Crippen LogP contribution in [-0.2, 0) is 0 Å². The van der Waals surface area contributed by atoms with Crippen molar-refractivity contribution in [3.63, 3.8) is 0 Å². The number of rotatable bonds is 3. The number of ether oxygens (including phenoxy) is 1. The Bertz CT molecular complexity index is 501. The predicted molar refractivity (Wildman–Crippen MR) is 68.6 cm³/mol. The zero-order chi connectivity index (χ0) is 11.5. The molecule has 0 bridgehead atoms. The van der Waals surface area contributed by atoms with Crippen molar-refractivity contribution in [2.24, 2.45) is 5.73 Å². The van der Waals surface area contributed by atoms with Gasteiger partial charge in [-0.15, -0.1) is 0 Å². The molecule has 0 aliphatic carbocycles. The molecular weight excluding hydrogens is 268 g/mol. The molecule has 0 spiro atoms. The molecule has 2 N–H and O–H groups in total. The number of benzene rings is 1. The summed E-state index contributed by atoms with van der Waals surface area (Å²) >= 11 is 3.53. The van der Waals surface area contributed by atoms with Crippen LogP contribution in [0.5, 0.6) is 5.75 Å². The highest BCUT2D eigenvalue weighted by Gasteiger charge is 2.08. The number of aromatic nitrogens is 1. The molecule has 0 aliphatic rings. The van der Waals surface area contributed by atoms with Crippen molar-refractivity contribution in [2.75, 3.05) is 6.54 Å². The Hall–Kier alpha value is -1.13. The Morgan fingerprint density at radius 2 is 2.25 bits per heavy atom. The van der Waals surface area contributed by atoms with E-state index in [1.807, 2.05) is 31.2 Å². The van der Waals surface area contributed by atoms with E-state index in [1.165, 1.54) is 0 Å². The average Bonchev–Trinajstić information content (AvgIpc) is 2.33. The number of hydrogen-bond donors (Lipinski definition) is 1. The van der Waals surface area contributed by atoms with Crippen LogP contribution in [0.1, 0.15) is 6.92 Å². The quantitative estimate of drug-likeness (QED) is 0.941. The van der Waals surface area contributed by atoms with Crippen molar-refractivity contribution in [3.05, 3.63) is 34.9 Å². The minimum Gasteiger partial charge on any atom is -0.488 e. The highest BCUT2D eigenvalue weighted by Crippen LogP contribution is 2.32. The van der Waals surface area contributed by atoms with Gasteiger partial charge >= 0.3 is 0 Å². The Morgan fingerprint density at radius 3 is 3.00 bits per heavy atom. The Labute approximate surface area is 103 Å². The third-order valence-corrected chi connectivity index (χ3v) is 3.16. The summed E-state index contributed by atoms with van der Waals surface area (Å²) in [5.74, 6) is 0.804. The average molecular weight is 281 g/mol. The Kier molecular flexibility index (Phi) is 3.41. The molecule has 0 fully saturated rings. The zero-order valence-electron chi connectivity index (χ0n) is 8.98. The highest BCUT2D eigenvalue weighted by molar-refractivity contribution is 9.10. The van der Waals surface area contributed by atoms with Crippen LogP contribution in [0.3, 0.4) is 0 Å². The first kappa shape index (κ1) is 11.4. The summed E-state index contributed by atoms with van der Waals surface area (Å²) < 4.78 is 6.63. The summed E-state index contributed by atoms with van der Waals surface area (Å²) in [5, 5.41) is 1.05. The van der Waals surface area contributed by atoms with E-state index in [0.717, 1.165) is 21.1 Å². The van der Waals surface area contributed by atoms with E-state index in [-0.39, 0.29) is 6.10 Å². The molecule has 1 unspecified atom stereocenters. The van der Waals surface area contributed by atoms with E-state index < -0.39 is 0 Å². The second-order valence-electron chi connectivity index (χ2n) is 3.61. The van der Waals surface area contributed by atoms with Crippen LogP contribution in [0, 0.1) is 0 Å². The molecule has 2 aromatic rings. The summed E-state index contributed by atoms with van der Waals surface area (Å²) in [4.78, 5) is 4.27. The largest absolute Gasteiger partial charge is 0.488 e. The highest BCUT2D eigenvalue weighted by atomic mass is 79.9. The molecule has 16 heavy (non-hydrogen) atoms. The van der Waals surface area contributed by atoms with Gasteiger partial charge in [0.2, 0.25) is 0 Å². The lowest BCUT2D eigenvalue weighted by Gasteiger charge is -2.14. The van der Waals surface area contributed by atoms with Crippen LogP contribution in [0.15, 0.2) is 34.9 Å². The Balaban J connectivity index is 2.44. The normalized spacial score (nSPS) is 12.7. The lowest BCUT2D eigenvalue weighted by molar-refractivity contribution is 0.229. The topological polar surface area (TPSA) is 48.1 Å². The lowest BCUT2D eigenvalue weighted by Crippen LogP contribution is -2.22. The summed E-state index contributed by atoms with van der Waals surface area (Å²) in [6, 6.07) is 7.76. The van der Waals surface area contributed by atoms with E-state index in [1.54, 1.807) is 6.20 Å². The van der Waals surface area contributed by atoms with Crippen LogP contribution in [0.4, 0.5) is 0 Å². The molecule has 1 atom stereocenters. The van der Waals surface area contributed by atoms with E-state index in [9.17, 15) is 0 Å². The summed E-state index contributed by atoms with van der Waals surface area (Å²) in [5.41, 5.74) is 6.48. The van der Waals surface area contributed by atoms with Crippen molar-refractivity contribution in [1.82, 2.24) is 4.98 Å². The summed E-state index contributed by atoms with van der Waals surface area (Å²) in [6.45, 7) is 2.44. The fourth-order valence-electron chi connectivity index (χ4n) is 1.45. The van der Waals surface area contributed by atoms with Crippen LogP contribution in [0.2, 0.25) is 0 Å². The SMILES string of the molecule is CC(CN)Oc1ccc2ncccc2c1Br. The van der Waals surface area contributed by atoms with Gasteiger partial charge in [-0.1, -0.05) is 6.07 Å². The second kappa shape index (κ2) is 4.80. The van der Waals surface area contributed by atoms with Gasteiger partial charge < -0.3 is 10.5 Å². The van der Waals surface area contributed by atoms with Crippen LogP contribution >= 0.6 is 15.9 Å². The van der Waals surface area contributed by atoms with E-state index in [4.69, 9.17) is 10.5 Å². The zero-order valence-corrected chi connectivity index (χ0v) is 10.6. The van der Waals surface area contributed by atoms with Gasteiger partial charge in [-0.2, -0.15) is 0 Å². The van der Waals surface area contributed by atoms with Crippen molar-refractivity contribution in [1.29, 1.82) is 0 Å². The van der Waals surface area contributed by atoms with E-state index >= 15 is 0 Å². The number of nitrogens with two attached hydrogens (primary N) is 1. The number of hydrogen-bond acceptors (Lipinski definition) is 3. The minimum atomic E-state index is 0.00502. The summed E-state index contributed by atoms with van der Waals surface area (Å²) in [7, 11) is 0. The molecule has 84 valence electrons. The van der Waals surface area contributed by atoms with Gasteiger partial charge in [0, 0.05) is 18.1 Å². The second-order valence-corrected chi connectivity index (χ2v) is 4.40. The number of fused-ring (bicyclic) bond motifs is 1. The van der Waals surface area contributed by atoms with Crippen molar-refractivity contribution in [2.45, 2.75) is 13.0 Å². The maximum absolute atomic E-state index is 5.70. The molecule has 0 saturated carbocycles. The van der Waals surface area contributed by atoms with Crippen LogP contribution in [0.25, 0.3) is 10.9 Å². The van der Waals surface area contributed by atoms with Crippen molar-refractivity contribution >= 4 is 26.8 Å². The predicted octanol–water partition coefficient (Wildman–Crippen LogP) is 2.72. The van der Waals surface area contributed by atoms with Gasteiger partial charge in [-0.3, -0.25) is 4.98 Å². The van der Waals surface area contributed by atoms with Crippen molar-refractivity contribution in [3.8, 4) is 5.75 Å². The lowest BCUT2D eigenvalue weighted by atomic mass is 10.2. The Morgan fingerprint density at radius 1 is 1.44 bits per heavy atom. The third kappa shape index (κ3) is 2.18. The monoisotopic (exact) mass is 280 g/mol. The number of pyridine rings is 1. The van der Waals surface area contributed by atoms with E-state index in [2.05, 4.69) is 20.9 Å². The molecule has 2 rings (SSSR count). The van der Waals surface area contributed by atoms with Gasteiger partial charge in [0.15, 0.2) is 0 Å². The van der Waals surface area contributed by atoms with Gasteiger partial charge in [0.05, 0.1) is 9.99 Å². The van der Waals surface area contributed by atoms with Gasteiger partial charge in [-0.25, -0.2) is 0 Å². The number of halogens is 1. The molecule has 0 amide bonds. The third-order valence-electron chi connectivity index (χ3n) is 2.34. The fraction of sp³-hybridized carbons (Fsp3) is 0.250. The standard InChI is InChI=1S/C12H13BrN2O/c1-8(7-14)16-11-5-4-10-9(12(11)13)3-2-6-15-10/h2-6,8H,7,14H2,1H3. The fourth-order valence-corrected chi connectivity index (χ4v) is 2.01. The molecule has 1 aromatic heterocycles. The molecule has 1 aromatic carbocycles. The molecule has 4 heteroatoms. The molecule has 0 saturated heterocycles. The van der Waals surface area contributed by atoms with Gasteiger partial charge in [0.25, 0.3) is 0 Å². The number of nitrogens with zero attached hydrogens (tertiary/aromatic N) is 1. The maximum atomic E-state index is 5.70. The summed E-state index contributed by atoms with van der Waals surface area (Å²) in [6.07, 6.45) is 1.78. The minimum absolute atomic E-state index is 0.00502. The molecule has 0 aliphatic heterocycles. The van der Waals surface area contributed by atoms with Crippen molar-refractivity contribution < 1.29 is 4.74 Å². The van der Waals surface area contributed by atoms with Gasteiger partial charge in [0.1, 0.15) is 11.9 Å². The molecule has 1 heterocycles. The van der Waals surface area contributed by atoms with Gasteiger partial charge in [-0.05, 0) is 41.1 Å².